The first-order valence-electron chi connectivity index (χ1n) is 5.01. The molecule has 0 aliphatic rings. The summed E-state index contributed by atoms with van der Waals surface area (Å²) in [5.41, 5.74) is 7.25. The fourth-order valence-electron chi connectivity index (χ4n) is 1.50. The van der Waals surface area contributed by atoms with Crippen molar-refractivity contribution < 1.29 is 0 Å². The Morgan fingerprint density at radius 1 is 1.27 bits per heavy atom. The molecule has 0 amide bonds. The molecule has 3 N–H and O–H groups in total. The van der Waals surface area contributed by atoms with Crippen molar-refractivity contribution in [3.8, 4) is 0 Å². The van der Waals surface area contributed by atoms with Crippen molar-refractivity contribution in [1.29, 1.82) is 0 Å². The molecule has 0 aliphatic carbocycles. The minimum absolute atomic E-state index is 0.0623. The molecule has 0 saturated heterocycles. The van der Waals surface area contributed by atoms with E-state index in [4.69, 9.17) is 5.73 Å². The van der Waals surface area contributed by atoms with Gasteiger partial charge in [-0.25, -0.2) is 4.98 Å². The average Bonchev–Trinajstić information content (AvgIpc) is 2.81. The molecule has 1 aromatic carbocycles. The Morgan fingerprint density at radius 2 is 2.07 bits per heavy atom. The van der Waals surface area contributed by atoms with E-state index >= 15 is 0 Å². The second-order valence-corrected chi connectivity index (χ2v) is 3.50. The van der Waals surface area contributed by atoms with Crippen LogP contribution in [0.5, 0.6) is 0 Å². The molecule has 0 unspecified atom stereocenters. The highest BCUT2D eigenvalue weighted by Crippen LogP contribution is 2.12. The van der Waals surface area contributed by atoms with Gasteiger partial charge in [0.05, 0.1) is 6.04 Å². The predicted molar refractivity (Wildman–Crippen MR) is 58.1 cm³/mol. The molecule has 1 atom stereocenters. The van der Waals surface area contributed by atoms with Crippen molar-refractivity contribution in [1.82, 2.24) is 15.2 Å². The van der Waals surface area contributed by atoms with Crippen LogP contribution >= 0.6 is 0 Å². The molecule has 0 bridgehead atoms. The molecule has 2 aromatic rings. The standard InChI is InChI=1S/C11H14N4/c12-10(11-13-8-14-15-11)7-6-9-4-2-1-3-5-9/h1-5,8,10H,6-7,12H2,(H,13,14,15)/t10-/m0/s1. The van der Waals surface area contributed by atoms with E-state index in [-0.39, 0.29) is 6.04 Å². The molecule has 15 heavy (non-hydrogen) atoms. The number of rotatable bonds is 4. The number of aromatic nitrogens is 3. The Kier molecular flexibility index (Phi) is 3.09. The molecule has 1 aromatic heterocycles. The SMILES string of the molecule is N[C@@H](CCc1ccccc1)c1ncn[nH]1. The summed E-state index contributed by atoms with van der Waals surface area (Å²) >= 11 is 0. The molecule has 0 radical (unpaired) electrons. The Morgan fingerprint density at radius 3 is 2.73 bits per heavy atom. The number of benzene rings is 1. The summed E-state index contributed by atoms with van der Waals surface area (Å²) in [7, 11) is 0. The van der Waals surface area contributed by atoms with E-state index in [0.717, 1.165) is 18.7 Å². The molecule has 0 saturated carbocycles. The van der Waals surface area contributed by atoms with Crippen molar-refractivity contribution in [3.63, 3.8) is 0 Å². The van der Waals surface area contributed by atoms with Gasteiger partial charge >= 0.3 is 0 Å². The number of nitrogens with one attached hydrogen (secondary N) is 1. The van der Waals surface area contributed by atoms with Crippen LogP contribution in [0.15, 0.2) is 36.7 Å². The third-order valence-corrected chi connectivity index (χ3v) is 2.37. The average molecular weight is 202 g/mol. The number of nitrogens with two attached hydrogens (primary N) is 1. The number of hydrogen-bond donors (Lipinski definition) is 2. The molecular formula is C11H14N4. The molecule has 4 nitrogen and oxygen atoms in total. The van der Waals surface area contributed by atoms with Gasteiger partial charge in [-0.1, -0.05) is 30.3 Å². The van der Waals surface area contributed by atoms with Crippen molar-refractivity contribution >= 4 is 0 Å². The maximum absolute atomic E-state index is 5.95. The lowest BCUT2D eigenvalue weighted by Crippen LogP contribution is -2.13. The Bertz CT molecular complexity index is 382. The number of aromatic amines is 1. The fraction of sp³-hybridized carbons (Fsp3) is 0.273. The summed E-state index contributed by atoms with van der Waals surface area (Å²) in [5, 5.41) is 6.57. The summed E-state index contributed by atoms with van der Waals surface area (Å²) < 4.78 is 0. The third-order valence-electron chi connectivity index (χ3n) is 2.37. The lowest BCUT2D eigenvalue weighted by atomic mass is 10.1. The van der Waals surface area contributed by atoms with Gasteiger partial charge in [-0.15, -0.1) is 0 Å². The maximum atomic E-state index is 5.95. The summed E-state index contributed by atoms with van der Waals surface area (Å²) in [6.07, 6.45) is 3.32. The maximum Gasteiger partial charge on any atom is 0.141 e. The molecule has 0 aliphatic heterocycles. The normalized spacial score (nSPS) is 12.6. The van der Waals surface area contributed by atoms with Gasteiger partial charge in [0.25, 0.3) is 0 Å². The largest absolute Gasteiger partial charge is 0.321 e. The van der Waals surface area contributed by atoms with Gasteiger partial charge in [0.15, 0.2) is 0 Å². The molecule has 78 valence electrons. The van der Waals surface area contributed by atoms with E-state index in [1.54, 1.807) is 0 Å². The lowest BCUT2D eigenvalue weighted by Gasteiger charge is -2.07. The van der Waals surface area contributed by atoms with Crippen LogP contribution in [-0.4, -0.2) is 15.2 Å². The van der Waals surface area contributed by atoms with E-state index < -0.39 is 0 Å². The van der Waals surface area contributed by atoms with E-state index in [9.17, 15) is 0 Å². The zero-order valence-electron chi connectivity index (χ0n) is 8.43. The van der Waals surface area contributed by atoms with E-state index in [1.807, 2.05) is 18.2 Å². The van der Waals surface area contributed by atoms with Gasteiger partial charge in [0, 0.05) is 0 Å². The number of nitrogens with zero attached hydrogens (tertiary/aromatic N) is 2. The van der Waals surface area contributed by atoms with Gasteiger partial charge in [0.1, 0.15) is 12.2 Å². The van der Waals surface area contributed by atoms with Crippen molar-refractivity contribution in [3.05, 3.63) is 48.0 Å². The lowest BCUT2D eigenvalue weighted by molar-refractivity contribution is 0.615. The third kappa shape index (κ3) is 2.63. The van der Waals surface area contributed by atoms with Crippen LogP contribution in [0.3, 0.4) is 0 Å². The van der Waals surface area contributed by atoms with Gasteiger partial charge in [0.2, 0.25) is 0 Å². The summed E-state index contributed by atoms with van der Waals surface area (Å²) in [6, 6.07) is 10.2. The van der Waals surface area contributed by atoms with Gasteiger partial charge in [-0.3, -0.25) is 5.10 Å². The van der Waals surface area contributed by atoms with Crippen LogP contribution in [0.2, 0.25) is 0 Å². The molecule has 4 heteroatoms. The van der Waals surface area contributed by atoms with Gasteiger partial charge in [-0.2, -0.15) is 5.10 Å². The van der Waals surface area contributed by atoms with Crippen LogP contribution in [0, 0.1) is 0 Å². The van der Waals surface area contributed by atoms with Crippen LogP contribution in [0.1, 0.15) is 23.9 Å². The highest BCUT2D eigenvalue weighted by atomic mass is 15.2. The first-order chi connectivity index (χ1) is 7.36. The smallest absolute Gasteiger partial charge is 0.141 e. The van der Waals surface area contributed by atoms with Crippen molar-refractivity contribution in [2.75, 3.05) is 0 Å². The summed E-state index contributed by atoms with van der Waals surface area (Å²) in [6.45, 7) is 0. The topological polar surface area (TPSA) is 67.6 Å². The molecule has 0 spiro atoms. The predicted octanol–water partition coefficient (Wildman–Crippen LogP) is 1.44. The Labute approximate surface area is 88.5 Å². The first kappa shape index (κ1) is 9.86. The zero-order chi connectivity index (χ0) is 10.5. The number of aryl methyl sites for hydroxylation is 1. The minimum atomic E-state index is -0.0623. The van der Waals surface area contributed by atoms with Gasteiger partial charge in [-0.05, 0) is 18.4 Å². The minimum Gasteiger partial charge on any atom is -0.321 e. The van der Waals surface area contributed by atoms with E-state index in [0.29, 0.717) is 0 Å². The van der Waals surface area contributed by atoms with Crippen LogP contribution in [0.4, 0.5) is 0 Å². The van der Waals surface area contributed by atoms with Gasteiger partial charge < -0.3 is 5.73 Å². The van der Waals surface area contributed by atoms with Crippen LogP contribution in [-0.2, 0) is 6.42 Å². The molecule has 0 fully saturated rings. The quantitative estimate of drug-likeness (QED) is 0.788. The molecule has 2 rings (SSSR count). The van der Waals surface area contributed by atoms with E-state index in [1.165, 1.54) is 11.9 Å². The molecular weight excluding hydrogens is 188 g/mol. The zero-order valence-corrected chi connectivity index (χ0v) is 8.43. The molecule has 1 heterocycles. The second kappa shape index (κ2) is 4.70. The Balaban J connectivity index is 1.89. The van der Waals surface area contributed by atoms with E-state index in [2.05, 4.69) is 27.3 Å². The van der Waals surface area contributed by atoms with Crippen LogP contribution < -0.4 is 5.73 Å². The monoisotopic (exact) mass is 202 g/mol. The van der Waals surface area contributed by atoms with Crippen molar-refractivity contribution in [2.24, 2.45) is 5.73 Å². The number of H-pyrrole nitrogens is 1. The summed E-state index contributed by atoms with van der Waals surface area (Å²) in [4.78, 5) is 4.04. The fourth-order valence-corrected chi connectivity index (χ4v) is 1.50. The Hall–Kier alpha value is -1.68. The first-order valence-corrected chi connectivity index (χ1v) is 5.01. The van der Waals surface area contributed by atoms with Crippen LogP contribution in [0.25, 0.3) is 0 Å². The number of hydrogen-bond acceptors (Lipinski definition) is 3. The highest BCUT2D eigenvalue weighted by molar-refractivity contribution is 5.15. The summed E-state index contributed by atoms with van der Waals surface area (Å²) in [5.74, 6) is 0.755. The van der Waals surface area contributed by atoms with Crippen molar-refractivity contribution in [2.45, 2.75) is 18.9 Å². The highest BCUT2D eigenvalue weighted by Gasteiger charge is 2.08. The second-order valence-electron chi connectivity index (χ2n) is 3.50.